The van der Waals surface area contributed by atoms with E-state index < -0.39 is 6.04 Å². The molecule has 1 aromatic carbocycles. The van der Waals surface area contributed by atoms with Crippen LogP contribution in [0.25, 0.3) is 10.9 Å². The third-order valence-electron chi connectivity index (χ3n) is 3.89. The molecule has 0 aliphatic carbocycles. The van der Waals surface area contributed by atoms with Crippen molar-refractivity contribution < 1.29 is 14.3 Å². The van der Waals surface area contributed by atoms with Crippen LogP contribution in [0.4, 0.5) is 5.13 Å². The smallest absolute Gasteiger partial charge is 0.268 e. The first-order valence-corrected chi connectivity index (χ1v) is 8.52. The maximum Gasteiger partial charge on any atom is 0.268 e. The first-order chi connectivity index (χ1) is 12.0. The second-order valence-corrected chi connectivity index (χ2v) is 6.43. The molecule has 25 heavy (non-hydrogen) atoms. The summed E-state index contributed by atoms with van der Waals surface area (Å²) in [6.07, 6.45) is 1.60. The number of thiazole rings is 1. The summed E-state index contributed by atoms with van der Waals surface area (Å²) < 4.78 is 7.00. The molecule has 130 valence electrons. The fourth-order valence-electron chi connectivity index (χ4n) is 2.51. The van der Waals surface area contributed by atoms with E-state index in [0.717, 1.165) is 16.7 Å². The molecule has 2 heterocycles. The van der Waals surface area contributed by atoms with Crippen LogP contribution in [0.3, 0.4) is 0 Å². The summed E-state index contributed by atoms with van der Waals surface area (Å²) >= 11 is 1.32. The highest BCUT2D eigenvalue weighted by atomic mass is 32.1. The number of carbonyl (C=O) groups is 2. The van der Waals surface area contributed by atoms with Gasteiger partial charge in [-0.25, -0.2) is 4.98 Å². The zero-order valence-corrected chi connectivity index (χ0v) is 14.9. The van der Waals surface area contributed by atoms with Gasteiger partial charge >= 0.3 is 0 Å². The molecule has 0 spiro atoms. The number of nitrogens with one attached hydrogen (secondary N) is 2. The third-order valence-corrected chi connectivity index (χ3v) is 4.57. The minimum Gasteiger partial charge on any atom is -0.497 e. The molecule has 0 bridgehead atoms. The number of rotatable bonds is 5. The van der Waals surface area contributed by atoms with Crippen molar-refractivity contribution in [3.63, 3.8) is 0 Å². The average molecular weight is 358 g/mol. The van der Waals surface area contributed by atoms with E-state index in [1.165, 1.54) is 11.3 Å². The number of aromatic nitrogens is 2. The highest BCUT2D eigenvalue weighted by Crippen LogP contribution is 2.23. The van der Waals surface area contributed by atoms with Gasteiger partial charge in [-0.3, -0.25) is 9.59 Å². The normalized spacial score (nSPS) is 12.0. The Bertz CT molecular complexity index is 918. The number of nitrogens with zero attached hydrogens (tertiary/aromatic N) is 2. The maximum absolute atomic E-state index is 12.6. The summed E-state index contributed by atoms with van der Waals surface area (Å²) in [5.74, 6) is 0.0874. The number of carbonyl (C=O) groups excluding carboxylic acids is 2. The SMILES string of the molecule is COc1ccc2c(c1)cc(C(=O)N[C@H](C)C(=O)Nc1nccs1)n2C. The monoisotopic (exact) mass is 358 g/mol. The number of hydrogen-bond acceptors (Lipinski definition) is 5. The fourth-order valence-corrected chi connectivity index (χ4v) is 3.04. The van der Waals surface area contributed by atoms with Crippen LogP contribution in [-0.2, 0) is 11.8 Å². The Morgan fingerprint density at radius 2 is 2.12 bits per heavy atom. The molecule has 0 aliphatic rings. The van der Waals surface area contributed by atoms with Crippen LogP contribution >= 0.6 is 11.3 Å². The van der Waals surface area contributed by atoms with Gasteiger partial charge in [0, 0.05) is 29.5 Å². The first kappa shape index (κ1) is 17.0. The standard InChI is InChI=1S/C17H18N4O3S/c1-10(15(22)20-17-18-6-7-25-17)19-16(23)14-9-11-8-12(24-3)4-5-13(11)21(14)2/h4-10H,1-3H3,(H,19,23)(H,18,20,22)/t10-/m1/s1. The number of amides is 2. The summed E-state index contributed by atoms with van der Waals surface area (Å²) in [5, 5.41) is 8.54. The number of anilines is 1. The highest BCUT2D eigenvalue weighted by molar-refractivity contribution is 7.13. The molecule has 2 aromatic heterocycles. The molecule has 2 N–H and O–H groups in total. The van der Waals surface area contributed by atoms with Crippen molar-refractivity contribution in [3.05, 3.63) is 41.5 Å². The van der Waals surface area contributed by atoms with E-state index in [9.17, 15) is 9.59 Å². The average Bonchev–Trinajstić information content (AvgIpc) is 3.22. The van der Waals surface area contributed by atoms with E-state index in [0.29, 0.717) is 10.8 Å². The molecule has 2 amide bonds. The Kier molecular flexibility index (Phi) is 4.71. The summed E-state index contributed by atoms with van der Waals surface area (Å²) in [6, 6.07) is 6.69. The molecule has 0 radical (unpaired) electrons. The van der Waals surface area contributed by atoms with Crippen LogP contribution in [-0.4, -0.2) is 34.5 Å². The summed E-state index contributed by atoms with van der Waals surface area (Å²) in [4.78, 5) is 28.7. The molecule has 0 saturated heterocycles. The van der Waals surface area contributed by atoms with E-state index in [4.69, 9.17) is 4.74 Å². The quantitative estimate of drug-likeness (QED) is 0.733. The lowest BCUT2D eigenvalue weighted by Crippen LogP contribution is -2.42. The third kappa shape index (κ3) is 3.48. The topological polar surface area (TPSA) is 85.2 Å². The summed E-state index contributed by atoms with van der Waals surface area (Å²) in [6.45, 7) is 1.63. The predicted octanol–water partition coefficient (Wildman–Crippen LogP) is 2.40. The maximum atomic E-state index is 12.6. The van der Waals surface area contributed by atoms with E-state index in [1.807, 2.05) is 25.2 Å². The van der Waals surface area contributed by atoms with E-state index in [-0.39, 0.29) is 11.8 Å². The van der Waals surface area contributed by atoms with Gasteiger partial charge in [-0.1, -0.05) is 0 Å². The Balaban J connectivity index is 1.75. The molecule has 0 unspecified atom stereocenters. The number of aryl methyl sites for hydroxylation is 1. The molecule has 0 fully saturated rings. The Morgan fingerprint density at radius 1 is 1.32 bits per heavy atom. The van der Waals surface area contributed by atoms with Crippen molar-refractivity contribution >= 4 is 39.2 Å². The van der Waals surface area contributed by atoms with Gasteiger partial charge in [0.25, 0.3) is 5.91 Å². The lowest BCUT2D eigenvalue weighted by Gasteiger charge is -2.13. The van der Waals surface area contributed by atoms with E-state index >= 15 is 0 Å². The second-order valence-electron chi connectivity index (χ2n) is 5.53. The lowest BCUT2D eigenvalue weighted by atomic mass is 10.2. The van der Waals surface area contributed by atoms with Crippen molar-refractivity contribution in [1.82, 2.24) is 14.9 Å². The molecular weight excluding hydrogens is 340 g/mol. The lowest BCUT2D eigenvalue weighted by molar-refractivity contribution is -0.117. The molecule has 0 aliphatic heterocycles. The summed E-state index contributed by atoms with van der Waals surface area (Å²) in [7, 11) is 3.41. The molecule has 3 aromatic rings. The van der Waals surface area contributed by atoms with Crippen LogP contribution in [0.5, 0.6) is 5.75 Å². The van der Waals surface area contributed by atoms with Crippen molar-refractivity contribution in [1.29, 1.82) is 0 Å². The Labute approximate surface area is 148 Å². The van der Waals surface area contributed by atoms with Gasteiger partial charge in [0.05, 0.1) is 7.11 Å². The highest BCUT2D eigenvalue weighted by Gasteiger charge is 2.20. The minimum atomic E-state index is -0.691. The Morgan fingerprint density at radius 3 is 2.80 bits per heavy atom. The van der Waals surface area contributed by atoms with Crippen molar-refractivity contribution in [2.24, 2.45) is 7.05 Å². The van der Waals surface area contributed by atoms with Gasteiger partial charge in [0.2, 0.25) is 5.91 Å². The predicted molar refractivity (Wildman–Crippen MR) is 97.1 cm³/mol. The van der Waals surface area contributed by atoms with Gasteiger partial charge < -0.3 is 19.9 Å². The number of benzene rings is 1. The van der Waals surface area contributed by atoms with Gasteiger partial charge in [-0.2, -0.15) is 0 Å². The van der Waals surface area contributed by atoms with Gasteiger partial charge in [0.1, 0.15) is 17.5 Å². The number of fused-ring (bicyclic) bond motifs is 1. The van der Waals surface area contributed by atoms with Crippen molar-refractivity contribution in [3.8, 4) is 5.75 Å². The number of methoxy groups -OCH3 is 1. The number of hydrogen-bond donors (Lipinski definition) is 2. The van der Waals surface area contributed by atoms with Gasteiger partial charge in [-0.05, 0) is 31.2 Å². The molecule has 7 nitrogen and oxygen atoms in total. The molecular formula is C17H18N4O3S. The fraction of sp³-hybridized carbons (Fsp3) is 0.235. The van der Waals surface area contributed by atoms with Crippen LogP contribution < -0.4 is 15.4 Å². The molecule has 3 rings (SSSR count). The molecule has 8 heteroatoms. The Hall–Kier alpha value is -2.87. The van der Waals surface area contributed by atoms with Crippen molar-refractivity contribution in [2.45, 2.75) is 13.0 Å². The molecule has 1 atom stereocenters. The van der Waals surface area contributed by atoms with E-state index in [2.05, 4.69) is 15.6 Å². The van der Waals surface area contributed by atoms with Crippen molar-refractivity contribution in [2.75, 3.05) is 12.4 Å². The van der Waals surface area contributed by atoms with Gasteiger partial charge in [-0.15, -0.1) is 11.3 Å². The number of ether oxygens (including phenoxy) is 1. The zero-order chi connectivity index (χ0) is 18.0. The first-order valence-electron chi connectivity index (χ1n) is 7.64. The largest absolute Gasteiger partial charge is 0.497 e. The second kappa shape index (κ2) is 6.94. The minimum absolute atomic E-state index is 0.316. The van der Waals surface area contributed by atoms with Crippen LogP contribution in [0.2, 0.25) is 0 Å². The van der Waals surface area contributed by atoms with E-state index in [1.54, 1.807) is 36.2 Å². The van der Waals surface area contributed by atoms with Crippen LogP contribution in [0.1, 0.15) is 17.4 Å². The van der Waals surface area contributed by atoms with Crippen LogP contribution in [0, 0.1) is 0 Å². The molecule has 0 saturated carbocycles. The van der Waals surface area contributed by atoms with Crippen LogP contribution in [0.15, 0.2) is 35.8 Å². The summed E-state index contributed by atoms with van der Waals surface area (Å²) in [5.41, 5.74) is 1.38. The van der Waals surface area contributed by atoms with Gasteiger partial charge in [0.15, 0.2) is 5.13 Å². The zero-order valence-electron chi connectivity index (χ0n) is 14.1.